The molecule has 1 atom stereocenters. The van der Waals surface area contributed by atoms with Crippen LogP contribution in [0.1, 0.15) is 31.4 Å². The van der Waals surface area contributed by atoms with Gasteiger partial charge in [0, 0.05) is 5.33 Å². The second-order valence-corrected chi connectivity index (χ2v) is 5.23. The fraction of sp³-hybridized carbons (Fsp3) is 0.538. The van der Waals surface area contributed by atoms with E-state index >= 15 is 0 Å². The lowest BCUT2D eigenvalue weighted by Gasteiger charge is -2.25. The molecule has 96 valence electrons. The van der Waals surface area contributed by atoms with E-state index in [1.807, 2.05) is 0 Å². The van der Waals surface area contributed by atoms with Gasteiger partial charge in [0.15, 0.2) is 0 Å². The van der Waals surface area contributed by atoms with Crippen molar-refractivity contribution in [3.05, 3.63) is 35.4 Å². The molecule has 0 saturated heterocycles. The average Bonchev–Trinajstić information content (AvgIpc) is 2.28. The predicted octanol–water partition coefficient (Wildman–Crippen LogP) is 5.06. The van der Waals surface area contributed by atoms with Crippen LogP contribution in [0.2, 0.25) is 0 Å². The molecule has 0 saturated carbocycles. The minimum absolute atomic E-state index is 0.0970. The van der Waals surface area contributed by atoms with E-state index in [4.69, 9.17) is 0 Å². The number of hydrogen-bond acceptors (Lipinski definition) is 0. The van der Waals surface area contributed by atoms with Crippen molar-refractivity contribution in [2.24, 2.45) is 5.41 Å². The lowest BCUT2D eigenvalue weighted by atomic mass is 9.83. The van der Waals surface area contributed by atoms with Gasteiger partial charge in [-0.05, 0) is 36.0 Å². The van der Waals surface area contributed by atoms with Gasteiger partial charge in [-0.2, -0.15) is 13.2 Å². The zero-order valence-corrected chi connectivity index (χ0v) is 11.5. The zero-order chi connectivity index (χ0) is 13.1. The first-order valence-electron chi connectivity index (χ1n) is 5.53. The molecule has 1 aromatic rings. The van der Waals surface area contributed by atoms with Crippen LogP contribution in [-0.2, 0) is 12.6 Å². The van der Waals surface area contributed by atoms with Crippen LogP contribution in [0.3, 0.4) is 0 Å². The molecule has 0 radical (unpaired) electrons. The molecule has 0 bridgehead atoms. The van der Waals surface area contributed by atoms with Gasteiger partial charge < -0.3 is 0 Å². The van der Waals surface area contributed by atoms with Crippen LogP contribution in [-0.4, -0.2) is 5.33 Å². The second kappa shape index (κ2) is 5.42. The topological polar surface area (TPSA) is 0 Å². The molecular formula is C13H16BrF3. The first kappa shape index (κ1) is 14.6. The quantitative estimate of drug-likeness (QED) is 0.682. The van der Waals surface area contributed by atoms with Gasteiger partial charge in [-0.15, -0.1) is 0 Å². The maximum Gasteiger partial charge on any atom is 0.416 e. The van der Waals surface area contributed by atoms with Gasteiger partial charge in [-0.1, -0.05) is 41.9 Å². The van der Waals surface area contributed by atoms with E-state index in [0.29, 0.717) is 0 Å². The molecule has 4 heteroatoms. The highest BCUT2D eigenvalue weighted by molar-refractivity contribution is 9.09. The molecule has 0 N–H and O–H groups in total. The summed E-state index contributed by atoms with van der Waals surface area (Å²) in [5.41, 5.74) is 0.458. The molecule has 0 heterocycles. The molecule has 0 nitrogen and oxygen atoms in total. The maximum atomic E-state index is 12.4. The Kier molecular flexibility index (Phi) is 4.64. The van der Waals surface area contributed by atoms with Crippen molar-refractivity contribution < 1.29 is 13.2 Å². The molecule has 0 aliphatic carbocycles. The molecular weight excluding hydrogens is 293 g/mol. The van der Waals surface area contributed by atoms with Gasteiger partial charge in [0.1, 0.15) is 0 Å². The van der Waals surface area contributed by atoms with Crippen molar-refractivity contribution in [2.45, 2.75) is 32.9 Å². The fourth-order valence-corrected chi connectivity index (χ4v) is 2.17. The Bertz CT molecular complexity index is 350. The number of rotatable bonds is 4. The summed E-state index contributed by atoms with van der Waals surface area (Å²) in [6.07, 6.45) is -2.48. The van der Waals surface area contributed by atoms with Crippen LogP contribution < -0.4 is 0 Å². The first-order chi connectivity index (χ1) is 7.80. The van der Waals surface area contributed by atoms with E-state index < -0.39 is 11.7 Å². The Morgan fingerprint density at radius 1 is 1.12 bits per heavy atom. The van der Waals surface area contributed by atoms with Gasteiger partial charge in [-0.3, -0.25) is 0 Å². The Balaban J connectivity index is 2.82. The Hall–Kier alpha value is -0.510. The predicted molar refractivity (Wildman–Crippen MR) is 67.3 cm³/mol. The lowest BCUT2D eigenvalue weighted by molar-refractivity contribution is -0.137. The number of benzene rings is 1. The minimum atomic E-state index is -4.25. The highest BCUT2D eigenvalue weighted by atomic mass is 79.9. The van der Waals surface area contributed by atoms with Crippen LogP contribution >= 0.6 is 15.9 Å². The molecule has 0 amide bonds. The molecule has 17 heavy (non-hydrogen) atoms. The third kappa shape index (κ3) is 4.02. The summed E-state index contributed by atoms with van der Waals surface area (Å²) >= 11 is 3.46. The molecule has 0 aromatic heterocycles. The van der Waals surface area contributed by atoms with Crippen LogP contribution in [0.5, 0.6) is 0 Å². The van der Waals surface area contributed by atoms with E-state index in [0.717, 1.165) is 35.9 Å². The zero-order valence-electron chi connectivity index (χ0n) is 9.94. The average molecular weight is 309 g/mol. The molecule has 0 aliphatic rings. The first-order valence-corrected chi connectivity index (χ1v) is 6.65. The summed E-state index contributed by atoms with van der Waals surface area (Å²) in [5, 5.41) is 0.845. The van der Waals surface area contributed by atoms with Crippen LogP contribution in [0.25, 0.3) is 0 Å². The summed E-state index contributed by atoms with van der Waals surface area (Å²) in [6, 6.07) is 5.44. The van der Waals surface area contributed by atoms with Crippen LogP contribution in [0.15, 0.2) is 24.3 Å². The van der Waals surface area contributed by atoms with Crippen LogP contribution in [0, 0.1) is 5.41 Å². The second-order valence-electron chi connectivity index (χ2n) is 4.67. The SMILES string of the molecule is CCC(C)(CBr)Cc1ccc(C(F)(F)F)cc1. The van der Waals surface area contributed by atoms with Gasteiger partial charge in [-0.25, -0.2) is 0 Å². The monoisotopic (exact) mass is 308 g/mol. The van der Waals surface area contributed by atoms with Crippen molar-refractivity contribution in [1.82, 2.24) is 0 Å². The smallest absolute Gasteiger partial charge is 0.166 e. The van der Waals surface area contributed by atoms with Gasteiger partial charge in [0.05, 0.1) is 5.56 Å². The molecule has 0 aliphatic heterocycles. The third-order valence-corrected chi connectivity index (χ3v) is 4.44. The molecule has 1 aromatic carbocycles. The van der Waals surface area contributed by atoms with Gasteiger partial charge in [0.2, 0.25) is 0 Å². The van der Waals surface area contributed by atoms with Crippen molar-refractivity contribution in [3.63, 3.8) is 0 Å². The molecule has 0 spiro atoms. The highest BCUT2D eigenvalue weighted by Gasteiger charge is 2.30. The maximum absolute atomic E-state index is 12.4. The third-order valence-electron chi connectivity index (χ3n) is 3.09. The minimum Gasteiger partial charge on any atom is -0.166 e. The largest absolute Gasteiger partial charge is 0.416 e. The van der Waals surface area contributed by atoms with Crippen LogP contribution in [0.4, 0.5) is 13.2 Å². The van der Waals surface area contributed by atoms with Crippen molar-refractivity contribution in [2.75, 3.05) is 5.33 Å². The van der Waals surface area contributed by atoms with Crippen molar-refractivity contribution in [3.8, 4) is 0 Å². The normalized spacial score (nSPS) is 15.6. The Morgan fingerprint density at radius 2 is 1.65 bits per heavy atom. The van der Waals surface area contributed by atoms with Crippen molar-refractivity contribution >= 4 is 15.9 Å². The Labute approximate surface area is 108 Å². The molecule has 1 rings (SSSR count). The summed E-state index contributed by atoms with van der Waals surface area (Å²) in [4.78, 5) is 0. The summed E-state index contributed by atoms with van der Waals surface area (Å²) < 4.78 is 37.1. The lowest BCUT2D eigenvalue weighted by Crippen LogP contribution is -2.20. The summed E-state index contributed by atoms with van der Waals surface area (Å²) in [5.74, 6) is 0. The van der Waals surface area contributed by atoms with E-state index in [2.05, 4.69) is 29.8 Å². The fourth-order valence-electron chi connectivity index (χ4n) is 1.57. The standard InChI is InChI=1S/C13H16BrF3/c1-3-12(2,9-14)8-10-4-6-11(7-5-10)13(15,16)17/h4-7H,3,8-9H2,1-2H3. The Morgan fingerprint density at radius 3 is 2.00 bits per heavy atom. The van der Waals surface area contributed by atoms with Gasteiger partial charge >= 0.3 is 6.18 Å². The van der Waals surface area contributed by atoms with E-state index in [1.165, 1.54) is 0 Å². The molecule has 1 unspecified atom stereocenters. The number of halogens is 4. The van der Waals surface area contributed by atoms with Crippen molar-refractivity contribution in [1.29, 1.82) is 0 Å². The summed E-state index contributed by atoms with van der Waals surface area (Å²) in [7, 11) is 0. The van der Waals surface area contributed by atoms with E-state index in [9.17, 15) is 13.2 Å². The van der Waals surface area contributed by atoms with Gasteiger partial charge in [0.25, 0.3) is 0 Å². The number of alkyl halides is 4. The summed E-state index contributed by atoms with van der Waals surface area (Å²) in [6.45, 7) is 4.21. The molecule has 0 fully saturated rings. The van der Waals surface area contributed by atoms with E-state index in [1.54, 1.807) is 12.1 Å². The number of hydrogen-bond donors (Lipinski definition) is 0. The highest BCUT2D eigenvalue weighted by Crippen LogP contribution is 2.32. The van der Waals surface area contributed by atoms with E-state index in [-0.39, 0.29) is 5.41 Å².